The SMILES string of the molecule is CCCCN=C1C=C(C)I=CN1. The van der Waals surface area contributed by atoms with E-state index in [1.165, 1.54) is 16.4 Å². The van der Waals surface area contributed by atoms with Gasteiger partial charge in [-0.3, -0.25) is 4.99 Å². The van der Waals surface area contributed by atoms with Crippen molar-refractivity contribution in [2.45, 2.75) is 26.7 Å². The number of allylic oxidation sites excluding steroid dienone is 1. The number of unbranched alkanes of at least 4 members (excludes halogenated alkanes) is 1. The van der Waals surface area contributed by atoms with Crippen LogP contribution in [0.5, 0.6) is 0 Å². The van der Waals surface area contributed by atoms with Crippen LogP contribution in [0.1, 0.15) is 26.7 Å². The fourth-order valence-corrected chi connectivity index (χ4v) is 2.32. The highest BCUT2D eigenvalue weighted by Gasteiger charge is 1.96. The molecule has 0 aliphatic carbocycles. The van der Waals surface area contributed by atoms with E-state index in [0.717, 1.165) is 12.4 Å². The summed E-state index contributed by atoms with van der Waals surface area (Å²) in [6, 6.07) is 0. The molecule has 1 aliphatic heterocycles. The molecule has 0 bridgehead atoms. The molecular weight excluding hydrogens is 263 g/mol. The van der Waals surface area contributed by atoms with Gasteiger partial charge < -0.3 is 5.32 Å². The lowest BCUT2D eigenvalue weighted by molar-refractivity contribution is 0.806. The van der Waals surface area contributed by atoms with E-state index in [1.807, 2.05) is 0 Å². The number of rotatable bonds is 3. The lowest BCUT2D eigenvalue weighted by Gasteiger charge is -2.06. The van der Waals surface area contributed by atoms with Gasteiger partial charge in [0.2, 0.25) is 0 Å². The Bertz CT molecular complexity index is 229. The minimum absolute atomic E-state index is 0.149. The van der Waals surface area contributed by atoms with Gasteiger partial charge in [-0.15, -0.1) is 0 Å². The minimum atomic E-state index is 0.149. The third-order valence-corrected chi connectivity index (χ3v) is 3.48. The van der Waals surface area contributed by atoms with Gasteiger partial charge in [0, 0.05) is 10.7 Å². The van der Waals surface area contributed by atoms with Gasteiger partial charge in [-0.05, 0) is 23.0 Å². The Balaban J connectivity index is 2.43. The predicted molar refractivity (Wildman–Crippen MR) is 64.2 cm³/mol. The van der Waals surface area contributed by atoms with E-state index in [4.69, 9.17) is 0 Å². The number of nitrogens with one attached hydrogen (secondary N) is 1. The number of amidine groups is 1. The molecule has 0 aromatic heterocycles. The quantitative estimate of drug-likeness (QED) is 0.622. The van der Waals surface area contributed by atoms with Gasteiger partial charge in [0.05, 0.1) is 0 Å². The first-order valence-electron chi connectivity index (χ1n) is 4.27. The summed E-state index contributed by atoms with van der Waals surface area (Å²) in [5, 5.41) is 3.21. The zero-order valence-electron chi connectivity index (χ0n) is 7.60. The lowest BCUT2D eigenvalue weighted by Crippen LogP contribution is -2.21. The van der Waals surface area contributed by atoms with Crippen molar-refractivity contribution in [3.05, 3.63) is 9.66 Å². The number of halogens is 1. The van der Waals surface area contributed by atoms with E-state index in [-0.39, 0.29) is 20.7 Å². The summed E-state index contributed by atoms with van der Waals surface area (Å²) in [6.07, 6.45) is 4.58. The van der Waals surface area contributed by atoms with Crippen LogP contribution in [0.25, 0.3) is 0 Å². The number of aliphatic imine (C=N–C) groups is 1. The molecule has 0 radical (unpaired) electrons. The molecule has 0 amide bonds. The lowest BCUT2D eigenvalue weighted by atomic mass is 10.3. The fraction of sp³-hybridized carbons (Fsp3) is 0.556. The van der Waals surface area contributed by atoms with Crippen LogP contribution in [-0.4, -0.2) is 16.5 Å². The maximum atomic E-state index is 4.44. The Hall–Kier alpha value is -0.190. The molecule has 1 N–H and O–H groups in total. The molecule has 0 unspecified atom stereocenters. The smallest absolute Gasteiger partial charge is 0.125 e. The molecule has 1 aliphatic rings. The molecular formula is C9H15IN2. The van der Waals surface area contributed by atoms with Crippen molar-refractivity contribution in [3.63, 3.8) is 0 Å². The molecule has 2 nitrogen and oxygen atoms in total. The van der Waals surface area contributed by atoms with E-state index < -0.39 is 0 Å². The number of hydrogen-bond acceptors (Lipinski definition) is 1. The Morgan fingerprint density at radius 2 is 2.42 bits per heavy atom. The third-order valence-electron chi connectivity index (χ3n) is 1.56. The zero-order valence-corrected chi connectivity index (χ0v) is 9.76. The number of hydrogen-bond donors (Lipinski definition) is 1. The van der Waals surface area contributed by atoms with Gasteiger partial charge >= 0.3 is 0 Å². The van der Waals surface area contributed by atoms with Crippen LogP contribution in [0.3, 0.4) is 0 Å². The van der Waals surface area contributed by atoms with E-state index in [9.17, 15) is 0 Å². The summed E-state index contributed by atoms with van der Waals surface area (Å²) < 4.78 is 3.65. The first kappa shape index (κ1) is 9.89. The largest absolute Gasteiger partial charge is 0.342 e. The van der Waals surface area contributed by atoms with Crippen LogP contribution in [0.4, 0.5) is 0 Å². The van der Waals surface area contributed by atoms with Crippen molar-refractivity contribution in [2.24, 2.45) is 4.99 Å². The highest BCUT2D eigenvalue weighted by molar-refractivity contribution is 14.2. The maximum Gasteiger partial charge on any atom is 0.125 e. The van der Waals surface area contributed by atoms with Crippen LogP contribution < -0.4 is 5.32 Å². The summed E-state index contributed by atoms with van der Waals surface area (Å²) in [4.78, 5) is 4.44. The van der Waals surface area contributed by atoms with Gasteiger partial charge in [0.25, 0.3) is 0 Å². The van der Waals surface area contributed by atoms with Crippen molar-refractivity contribution < 1.29 is 0 Å². The normalized spacial score (nSPS) is 19.8. The molecule has 68 valence electrons. The summed E-state index contributed by atoms with van der Waals surface area (Å²) in [5.74, 6) is 1.05. The monoisotopic (exact) mass is 278 g/mol. The molecule has 3 heteroatoms. The van der Waals surface area contributed by atoms with Gasteiger partial charge in [-0.1, -0.05) is 34.1 Å². The number of nitrogens with zero attached hydrogens (tertiary/aromatic N) is 1. The average molecular weight is 278 g/mol. The standard InChI is InChI=1S/C9H15IN2/c1-3-4-5-11-9-6-8(2)10-7-12-9/h6-7H,3-5H2,1-2H3,(H,11,12). The molecule has 0 spiro atoms. The maximum absolute atomic E-state index is 4.44. The second-order valence-electron chi connectivity index (χ2n) is 2.71. The molecule has 12 heavy (non-hydrogen) atoms. The van der Waals surface area contributed by atoms with E-state index in [1.54, 1.807) is 0 Å². The molecule has 1 rings (SSSR count). The molecule has 0 aromatic carbocycles. The van der Waals surface area contributed by atoms with Crippen LogP contribution in [-0.2, 0) is 0 Å². The Morgan fingerprint density at radius 1 is 1.58 bits per heavy atom. The molecule has 1 heterocycles. The van der Waals surface area contributed by atoms with Gasteiger partial charge in [-0.2, -0.15) is 0 Å². The summed E-state index contributed by atoms with van der Waals surface area (Å²) >= 11 is 0.149. The Morgan fingerprint density at radius 3 is 3.08 bits per heavy atom. The molecule has 0 saturated heterocycles. The van der Waals surface area contributed by atoms with Gasteiger partial charge in [0.1, 0.15) is 5.84 Å². The van der Waals surface area contributed by atoms with Crippen molar-refractivity contribution >= 4 is 30.7 Å². The van der Waals surface area contributed by atoms with Crippen LogP contribution in [0.2, 0.25) is 0 Å². The van der Waals surface area contributed by atoms with Gasteiger partial charge in [-0.25, -0.2) is 0 Å². The highest BCUT2D eigenvalue weighted by Crippen LogP contribution is 2.13. The minimum Gasteiger partial charge on any atom is -0.342 e. The van der Waals surface area contributed by atoms with E-state index >= 15 is 0 Å². The van der Waals surface area contributed by atoms with E-state index in [2.05, 4.69) is 34.4 Å². The van der Waals surface area contributed by atoms with Crippen molar-refractivity contribution in [3.8, 4) is 0 Å². The second kappa shape index (κ2) is 5.45. The fourth-order valence-electron chi connectivity index (χ4n) is 0.880. The van der Waals surface area contributed by atoms with Crippen molar-refractivity contribution in [1.82, 2.24) is 5.32 Å². The van der Waals surface area contributed by atoms with Crippen LogP contribution in [0.15, 0.2) is 14.6 Å². The van der Waals surface area contributed by atoms with Crippen LogP contribution >= 0.6 is 20.7 Å². The first-order chi connectivity index (χ1) is 5.83. The molecule has 0 aromatic rings. The predicted octanol–water partition coefficient (Wildman–Crippen LogP) is 2.42. The van der Waals surface area contributed by atoms with Crippen molar-refractivity contribution in [1.29, 1.82) is 0 Å². The Kier molecular flexibility index (Phi) is 4.50. The summed E-state index contributed by atoms with van der Waals surface area (Å²) in [5.41, 5.74) is 0. The van der Waals surface area contributed by atoms with Gasteiger partial charge in [0.15, 0.2) is 0 Å². The summed E-state index contributed by atoms with van der Waals surface area (Å²) in [6.45, 7) is 5.32. The highest BCUT2D eigenvalue weighted by atomic mass is 127. The zero-order chi connectivity index (χ0) is 8.81. The van der Waals surface area contributed by atoms with E-state index in [0.29, 0.717) is 0 Å². The second-order valence-corrected chi connectivity index (χ2v) is 5.66. The molecule has 0 atom stereocenters. The summed E-state index contributed by atoms with van der Waals surface area (Å²) in [7, 11) is 0. The Labute approximate surface area is 83.9 Å². The average Bonchev–Trinajstić information content (AvgIpc) is 2.05. The molecule has 0 saturated carbocycles. The third kappa shape index (κ3) is 3.47. The first-order valence-corrected chi connectivity index (χ1v) is 6.59. The molecule has 0 fully saturated rings. The van der Waals surface area contributed by atoms with Crippen molar-refractivity contribution in [2.75, 3.05) is 6.54 Å². The van der Waals surface area contributed by atoms with Crippen LogP contribution in [0, 0.1) is 0 Å². The topological polar surface area (TPSA) is 24.4 Å².